The molecule has 2 aromatic rings. The number of alkyl halides is 3. The van der Waals surface area contributed by atoms with Gasteiger partial charge in [-0.25, -0.2) is 8.42 Å². The Morgan fingerprint density at radius 1 is 1.29 bits per heavy atom. The third-order valence-corrected chi connectivity index (χ3v) is 3.68. The van der Waals surface area contributed by atoms with Crippen molar-refractivity contribution in [3.05, 3.63) is 35.7 Å². The fourth-order valence-electron chi connectivity index (χ4n) is 1.71. The fourth-order valence-corrected chi connectivity index (χ4v) is 2.45. The number of nitrogens with zero attached hydrogens (tertiary/aromatic N) is 3. The highest BCUT2D eigenvalue weighted by Gasteiger charge is 2.36. The fraction of sp³-hybridized carbons (Fsp3) is 0.333. The molecule has 2 rings (SSSR count). The third-order valence-electron chi connectivity index (χ3n) is 2.78. The quantitative estimate of drug-likeness (QED) is 0.871. The van der Waals surface area contributed by atoms with E-state index in [4.69, 9.17) is 0 Å². The Kier molecular flexibility index (Phi) is 3.79. The lowest BCUT2D eigenvalue weighted by Crippen LogP contribution is -2.15. The molecule has 0 unspecified atom stereocenters. The Labute approximate surface area is 119 Å². The number of hydrogen-bond donors (Lipinski definition) is 0. The van der Waals surface area contributed by atoms with Crippen LogP contribution in [0.15, 0.2) is 24.4 Å². The van der Waals surface area contributed by atoms with Crippen LogP contribution in [0.2, 0.25) is 0 Å². The van der Waals surface area contributed by atoms with Crippen LogP contribution >= 0.6 is 0 Å². The summed E-state index contributed by atoms with van der Waals surface area (Å²) in [4.78, 5) is 4.00. The van der Waals surface area contributed by atoms with Gasteiger partial charge in [-0.1, -0.05) is 13.0 Å². The van der Waals surface area contributed by atoms with Crippen LogP contribution in [0.5, 0.6) is 0 Å². The Morgan fingerprint density at radius 3 is 2.38 bits per heavy atom. The Morgan fingerprint density at radius 2 is 1.95 bits per heavy atom. The van der Waals surface area contributed by atoms with Crippen LogP contribution in [0.4, 0.5) is 13.2 Å². The van der Waals surface area contributed by atoms with E-state index in [1.165, 1.54) is 12.3 Å². The monoisotopic (exact) mass is 319 g/mol. The average Bonchev–Trinajstić information content (AvgIpc) is 2.83. The second-order valence-corrected chi connectivity index (χ2v) is 6.24. The van der Waals surface area contributed by atoms with Crippen molar-refractivity contribution in [2.75, 3.05) is 6.26 Å². The lowest BCUT2D eigenvalue weighted by molar-refractivity contribution is -0.141. The molecule has 0 amide bonds. The summed E-state index contributed by atoms with van der Waals surface area (Å²) in [6, 6.07) is 3.82. The minimum Gasteiger partial charge on any atom is -0.254 e. The molecular formula is C12H12F3N3O2S. The summed E-state index contributed by atoms with van der Waals surface area (Å²) in [6.45, 7) is 1.90. The molecule has 0 N–H and O–H groups in total. The minimum atomic E-state index is -4.73. The molecule has 0 fully saturated rings. The molecule has 0 aliphatic rings. The van der Waals surface area contributed by atoms with E-state index in [0.29, 0.717) is 16.6 Å². The van der Waals surface area contributed by atoms with Crippen molar-refractivity contribution >= 4 is 10.0 Å². The number of rotatable bonds is 3. The van der Waals surface area contributed by atoms with Gasteiger partial charge in [0, 0.05) is 6.20 Å². The Bertz CT molecular complexity index is 749. The van der Waals surface area contributed by atoms with E-state index in [9.17, 15) is 21.6 Å². The highest BCUT2D eigenvalue weighted by Crippen LogP contribution is 2.31. The smallest absolute Gasteiger partial charge is 0.254 e. The van der Waals surface area contributed by atoms with E-state index in [1.54, 1.807) is 6.07 Å². The first kappa shape index (κ1) is 15.5. The van der Waals surface area contributed by atoms with Crippen LogP contribution in [-0.2, 0) is 22.6 Å². The van der Waals surface area contributed by atoms with Gasteiger partial charge in [-0.05, 0) is 24.1 Å². The average molecular weight is 319 g/mol. The first-order valence-electron chi connectivity index (χ1n) is 5.96. The van der Waals surface area contributed by atoms with Crippen LogP contribution in [0, 0.1) is 0 Å². The maximum Gasteiger partial charge on any atom is 0.435 e. The predicted molar refractivity (Wildman–Crippen MR) is 70.1 cm³/mol. The molecule has 0 aromatic carbocycles. The first-order valence-corrected chi connectivity index (χ1v) is 7.81. The van der Waals surface area contributed by atoms with E-state index in [0.717, 1.165) is 11.8 Å². The van der Waals surface area contributed by atoms with Crippen molar-refractivity contribution < 1.29 is 21.6 Å². The molecule has 0 bridgehead atoms. The van der Waals surface area contributed by atoms with Crippen molar-refractivity contribution in [1.29, 1.82) is 0 Å². The molecule has 0 saturated carbocycles. The summed E-state index contributed by atoms with van der Waals surface area (Å²) in [6.07, 6.45) is -1.74. The van der Waals surface area contributed by atoms with Gasteiger partial charge in [0.1, 0.15) is 5.69 Å². The number of aromatic nitrogens is 3. The lowest BCUT2D eigenvalue weighted by Gasteiger charge is -2.04. The molecule has 0 aliphatic carbocycles. The Balaban J connectivity index is 2.63. The standard InChI is InChI=1S/C12H12F3N3O2S/c1-3-8-4-5-9(16-7-8)10-6-11(12(13,14)15)17-18(10)21(2,19)20/h4-7H,3H2,1-2H3. The lowest BCUT2D eigenvalue weighted by atomic mass is 10.2. The highest BCUT2D eigenvalue weighted by atomic mass is 32.2. The number of hydrogen-bond acceptors (Lipinski definition) is 4. The molecule has 21 heavy (non-hydrogen) atoms. The van der Waals surface area contributed by atoms with Gasteiger partial charge in [0.2, 0.25) is 0 Å². The van der Waals surface area contributed by atoms with Crippen LogP contribution in [0.1, 0.15) is 18.2 Å². The molecule has 0 aliphatic heterocycles. The zero-order chi connectivity index (χ0) is 15.8. The molecule has 0 spiro atoms. The summed E-state index contributed by atoms with van der Waals surface area (Å²) in [5.74, 6) is 0. The molecule has 9 heteroatoms. The minimum absolute atomic E-state index is 0.112. The summed E-state index contributed by atoms with van der Waals surface area (Å²) >= 11 is 0. The number of pyridine rings is 1. The zero-order valence-corrected chi connectivity index (χ0v) is 12.0. The van der Waals surface area contributed by atoms with E-state index in [1.807, 2.05) is 6.92 Å². The second kappa shape index (κ2) is 5.14. The molecular weight excluding hydrogens is 307 g/mol. The van der Waals surface area contributed by atoms with E-state index >= 15 is 0 Å². The Hall–Kier alpha value is -1.90. The molecule has 5 nitrogen and oxygen atoms in total. The predicted octanol–water partition coefficient (Wildman–Crippen LogP) is 2.33. The number of aryl methyl sites for hydroxylation is 1. The normalized spacial score (nSPS) is 12.6. The maximum absolute atomic E-state index is 12.7. The van der Waals surface area contributed by atoms with Crippen LogP contribution < -0.4 is 0 Å². The van der Waals surface area contributed by atoms with Crippen molar-refractivity contribution in [1.82, 2.24) is 14.2 Å². The van der Waals surface area contributed by atoms with Gasteiger partial charge < -0.3 is 0 Å². The second-order valence-electron chi connectivity index (χ2n) is 4.42. The van der Waals surface area contributed by atoms with Crippen molar-refractivity contribution in [2.24, 2.45) is 0 Å². The molecule has 114 valence electrons. The van der Waals surface area contributed by atoms with Crippen molar-refractivity contribution in [3.63, 3.8) is 0 Å². The molecule has 0 atom stereocenters. The van der Waals surface area contributed by atoms with Crippen molar-refractivity contribution in [3.8, 4) is 11.4 Å². The van der Waals surface area contributed by atoms with E-state index in [2.05, 4.69) is 10.1 Å². The SMILES string of the molecule is CCc1ccc(-c2cc(C(F)(F)F)nn2S(C)(=O)=O)nc1. The van der Waals surface area contributed by atoms with Gasteiger partial charge >= 0.3 is 6.18 Å². The van der Waals surface area contributed by atoms with Gasteiger partial charge in [0.15, 0.2) is 5.69 Å². The van der Waals surface area contributed by atoms with Gasteiger partial charge in [0.05, 0.1) is 11.9 Å². The van der Waals surface area contributed by atoms with E-state index < -0.39 is 21.9 Å². The van der Waals surface area contributed by atoms with Crippen LogP contribution in [0.3, 0.4) is 0 Å². The molecule has 0 radical (unpaired) electrons. The van der Waals surface area contributed by atoms with Crippen LogP contribution in [0.25, 0.3) is 11.4 Å². The summed E-state index contributed by atoms with van der Waals surface area (Å²) < 4.78 is 61.7. The van der Waals surface area contributed by atoms with Gasteiger partial charge in [-0.15, -0.1) is 0 Å². The summed E-state index contributed by atoms with van der Waals surface area (Å²) in [5.41, 5.74) is -0.488. The molecule has 2 heterocycles. The van der Waals surface area contributed by atoms with Crippen molar-refractivity contribution in [2.45, 2.75) is 19.5 Å². The van der Waals surface area contributed by atoms with Gasteiger partial charge in [-0.2, -0.15) is 22.4 Å². The summed E-state index contributed by atoms with van der Waals surface area (Å²) in [5, 5.41) is 3.14. The topological polar surface area (TPSA) is 64.8 Å². The third kappa shape index (κ3) is 3.23. The van der Waals surface area contributed by atoms with Gasteiger partial charge in [-0.3, -0.25) is 4.98 Å². The highest BCUT2D eigenvalue weighted by molar-refractivity contribution is 7.89. The molecule has 0 saturated heterocycles. The van der Waals surface area contributed by atoms with Gasteiger partial charge in [0.25, 0.3) is 10.0 Å². The maximum atomic E-state index is 12.7. The first-order chi connectivity index (χ1) is 9.63. The largest absolute Gasteiger partial charge is 0.435 e. The summed E-state index contributed by atoms with van der Waals surface area (Å²) in [7, 11) is -3.97. The molecule has 2 aromatic heterocycles. The zero-order valence-electron chi connectivity index (χ0n) is 11.2. The van der Waals surface area contributed by atoms with Crippen LogP contribution in [-0.4, -0.2) is 28.8 Å². The number of halogens is 3. The van der Waals surface area contributed by atoms with E-state index in [-0.39, 0.29) is 11.4 Å².